The van der Waals surface area contributed by atoms with Gasteiger partial charge in [0.25, 0.3) is 0 Å². The van der Waals surface area contributed by atoms with Gasteiger partial charge in [-0.05, 0) is 47.2 Å². The fraction of sp³-hybridized carbons (Fsp3) is 0.566. The summed E-state index contributed by atoms with van der Waals surface area (Å²) >= 11 is 1.71. The zero-order chi connectivity index (χ0) is 46.2. The Morgan fingerprint density at radius 3 is 0.632 bits per heavy atom. The second kappa shape index (κ2) is 124. The van der Waals surface area contributed by atoms with Gasteiger partial charge in [-0.1, -0.05) is 257 Å². The van der Waals surface area contributed by atoms with Crippen molar-refractivity contribution in [3.05, 3.63) is 139 Å². The molecule has 0 atom stereocenters. The van der Waals surface area contributed by atoms with E-state index in [1.807, 2.05) is 114 Å². The average Bonchev–Trinajstić information content (AvgIpc) is 4.05. The molecule has 5 aromatic rings. The van der Waals surface area contributed by atoms with Gasteiger partial charge in [-0.3, -0.25) is 4.98 Å². The maximum absolute atomic E-state index is 4.58. The van der Waals surface area contributed by atoms with Crippen LogP contribution in [0, 0.1) is 0 Å². The molecule has 0 radical (unpaired) electrons. The van der Waals surface area contributed by atoms with E-state index in [4.69, 9.17) is 0 Å². The molecule has 338 valence electrons. The molecule has 0 fully saturated rings. The highest BCUT2D eigenvalue weighted by Gasteiger charge is 1.60. The lowest BCUT2D eigenvalue weighted by molar-refractivity contribution is 0.567. The molecule has 5 rings (SSSR count). The minimum Gasteiger partial charge on any atom is -0.473 e. The van der Waals surface area contributed by atoms with E-state index >= 15 is 0 Å². The van der Waals surface area contributed by atoms with Crippen molar-refractivity contribution >= 4 is 11.3 Å². The van der Waals surface area contributed by atoms with Crippen LogP contribution in [0.1, 0.15) is 203 Å². The molecule has 0 aliphatic heterocycles. The first kappa shape index (κ1) is 78.0. The lowest BCUT2D eigenvalue weighted by Crippen LogP contribution is -1.58. The number of furan rings is 1. The fourth-order valence-electron chi connectivity index (χ4n) is 1.43. The summed E-state index contributed by atoms with van der Waals surface area (Å²) in [6.07, 6.45) is 23.0. The third-order valence-corrected chi connectivity index (χ3v) is 3.21. The summed E-state index contributed by atoms with van der Waals surface area (Å²) in [7, 11) is 0. The SMILES string of the molecule is CCC.CCC.CCC.CCC.CCC.CCC.CCC.CCC.CCC.CCC.c1cc[nH]c1.c1ccccc1.c1ccncc1.c1ccoc1.c1ccsc1. The van der Waals surface area contributed by atoms with Gasteiger partial charge in [-0.2, -0.15) is 11.3 Å². The van der Waals surface area contributed by atoms with Crippen LogP contribution < -0.4 is 0 Å². The van der Waals surface area contributed by atoms with E-state index in [2.05, 4.69) is 153 Å². The topological polar surface area (TPSA) is 41.8 Å². The van der Waals surface area contributed by atoms with Crippen molar-refractivity contribution in [2.45, 2.75) is 203 Å². The largest absolute Gasteiger partial charge is 0.473 e. The maximum atomic E-state index is 4.58. The number of pyridine rings is 1. The molecule has 3 nitrogen and oxygen atoms in total. The molecule has 4 heteroatoms. The normalized spacial score (nSPS) is 6.95. The molecule has 4 heterocycles. The van der Waals surface area contributed by atoms with E-state index in [0.717, 1.165) is 0 Å². The van der Waals surface area contributed by atoms with Crippen LogP contribution >= 0.6 is 11.3 Å². The maximum Gasteiger partial charge on any atom is 0.0902 e. The van der Waals surface area contributed by atoms with Crippen molar-refractivity contribution in [1.82, 2.24) is 9.97 Å². The van der Waals surface area contributed by atoms with Gasteiger partial charge in [-0.25, -0.2) is 0 Å². The van der Waals surface area contributed by atoms with Crippen LogP contribution in [0.5, 0.6) is 0 Å². The predicted molar refractivity (Wildman–Crippen MR) is 274 cm³/mol. The van der Waals surface area contributed by atoms with Gasteiger partial charge in [-0.15, -0.1) is 0 Å². The summed E-state index contributed by atoms with van der Waals surface area (Å²) in [4.78, 5) is 6.65. The van der Waals surface area contributed by atoms with E-state index in [9.17, 15) is 0 Å². The quantitative estimate of drug-likeness (QED) is 0.169. The van der Waals surface area contributed by atoms with Gasteiger partial charge in [0.05, 0.1) is 12.5 Å². The predicted octanol–water partition coefficient (Wildman–Crippen LogP) is 21.0. The van der Waals surface area contributed by atoms with Crippen LogP contribution in [0.3, 0.4) is 0 Å². The number of thiophene rings is 1. The highest BCUT2D eigenvalue weighted by molar-refractivity contribution is 7.07. The third kappa shape index (κ3) is 242. The van der Waals surface area contributed by atoms with E-state index in [0.29, 0.717) is 0 Å². The van der Waals surface area contributed by atoms with Gasteiger partial charge in [0.1, 0.15) is 0 Å². The highest BCUT2D eigenvalue weighted by atomic mass is 32.1. The number of aromatic amines is 1. The molecule has 0 spiro atoms. The molecule has 1 aromatic carbocycles. The highest BCUT2D eigenvalue weighted by Crippen LogP contribution is 1.91. The van der Waals surface area contributed by atoms with E-state index in [-0.39, 0.29) is 0 Å². The van der Waals surface area contributed by atoms with Gasteiger partial charge >= 0.3 is 0 Å². The first-order chi connectivity index (χ1) is 27.6. The summed E-state index contributed by atoms with van der Waals surface area (Å²) in [5.41, 5.74) is 0. The van der Waals surface area contributed by atoms with E-state index < -0.39 is 0 Å². The number of benzene rings is 1. The standard InChI is InChI=1S/C6H6.C5H5N.C4H5N.C4H4O.C4H4S.10C3H8/c2*1-2-4-6-5-3-1;3*1-2-4-5-3-1;10*1-3-2/h1-6H;1-5H;1-5H;2*1-4H;10*3H2,1-2H3. The van der Waals surface area contributed by atoms with Crippen LogP contribution in [0.15, 0.2) is 143 Å². The monoisotopic (exact) mass is 817 g/mol. The summed E-state index contributed by atoms with van der Waals surface area (Å²) in [6, 6.07) is 29.3. The Balaban J connectivity index is -0.0000000525. The molecule has 0 saturated carbocycles. The first-order valence-corrected chi connectivity index (χ1v) is 23.5. The van der Waals surface area contributed by atoms with Gasteiger partial charge in [0.2, 0.25) is 0 Å². The molecule has 1 N–H and O–H groups in total. The molecule has 0 unspecified atom stereocenters. The molecule has 0 aliphatic rings. The van der Waals surface area contributed by atoms with Gasteiger partial charge in [0, 0.05) is 24.8 Å². The minimum absolute atomic E-state index is 1.25. The molecule has 0 bridgehead atoms. The summed E-state index contributed by atoms with van der Waals surface area (Å²) < 4.78 is 4.58. The first-order valence-electron chi connectivity index (χ1n) is 22.5. The summed E-state index contributed by atoms with van der Waals surface area (Å²) in [5.74, 6) is 0. The lowest BCUT2D eigenvalue weighted by Gasteiger charge is -1.70. The average molecular weight is 817 g/mol. The Kier molecular flexibility index (Phi) is 170. The van der Waals surface area contributed by atoms with E-state index in [1.54, 1.807) is 36.3 Å². The minimum atomic E-state index is 1.25. The van der Waals surface area contributed by atoms with Crippen molar-refractivity contribution in [1.29, 1.82) is 0 Å². The van der Waals surface area contributed by atoms with Crippen molar-refractivity contribution in [3.63, 3.8) is 0 Å². The van der Waals surface area contributed by atoms with Crippen molar-refractivity contribution in [2.24, 2.45) is 0 Å². The Morgan fingerprint density at radius 1 is 0.316 bits per heavy atom. The van der Waals surface area contributed by atoms with Crippen LogP contribution in [0.4, 0.5) is 0 Å². The number of rotatable bonds is 0. The van der Waals surface area contributed by atoms with Crippen LogP contribution in [0.25, 0.3) is 0 Å². The summed E-state index contributed by atoms with van der Waals surface area (Å²) in [5, 5.41) is 4.08. The van der Waals surface area contributed by atoms with E-state index in [1.165, 1.54) is 64.2 Å². The second-order valence-electron chi connectivity index (χ2n) is 11.7. The molecule has 4 aromatic heterocycles. The number of aromatic nitrogens is 2. The Labute approximate surface area is 366 Å². The third-order valence-electron chi connectivity index (χ3n) is 2.58. The molecule has 0 aliphatic carbocycles. The molecule has 57 heavy (non-hydrogen) atoms. The van der Waals surface area contributed by atoms with Crippen LogP contribution in [-0.2, 0) is 0 Å². The summed E-state index contributed by atoms with van der Waals surface area (Å²) in [6.45, 7) is 42.5. The lowest BCUT2D eigenvalue weighted by atomic mass is 10.4. The Bertz CT molecular complexity index is 695. The van der Waals surface area contributed by atoms with Crippen molar-refractivity contribution < 1.29 is 4.42 Å². The van der Waals surface area contributed by atoms with Crippen molar-refractivity contribution in [3.8, 4) is 0 Å². The van der Waals surface area contributed by atoms with Crippen LogP contribution in [-0.4, -0.2) is 9.97 Å². The Morgan fingerprint density at radius 2 is 0.544 bits per heavy atom. The number of nitrogens with zero attached hydrogens (tertiary/aromatic N) is 1. The molecule has 0 amide bonds. The van der Waals surface area contributed by atoms with Crippen molar-refractivity contribution in [2.75, 3.05) is 0 Å². The fourth-order valence-corrected chi connectivity index (χ4v) is 1.88. The number of H-pyrrole nitrogens is 1. The van der Waals surface area contributed by atoms with Gasteiger partial charge < -0.3 is 9.40 Å². The number of nitrogens with one attached hydrogen (secondary N) is 1. The molecular formula is C53H104N2OS. The van der Waals surface area contributed by atoms with Gasteiger partial charge in [0.15, 0.2) is 0 Å². The number of hydrogen-bond acceptors (Lipinski definition) is 3. The number of hydrogen-bond donors (Lipinski definition) is 1. The smallest absolute Gasteiger partial charge is 0.0902 e. The molecule has 0 saturated heterocycles. The van der Waals surface area contributed by atoms with Crippen LogP contribution in [0.2, 0.25) is 0 Å². The Hall–Kier alpha value is -3.37. The molecular weight excluding hydrogens is 713 g/mol. The zero-order valence-electron chi connectivity index (χ0n) is 42.1. The zero-order valence-corrected chi connectivity index (χ0v) is 42.9. The second-order valence-corrected chi connectivity index (χ2v) is 12.5.